The van der Waals surface area contributed by atoms with Crippen LogP contribution < -0.4 is 5.32 Å². The van der Waals surface area contributed by atoms with E-state index >= 15 is 0 Å². The second-order valence-corrected chi connectivity index (χ2v) is 3.98. The van der Waals surface area contributed by atoms with Gasteiger partial charge in [-0.1, -0.05) is 18.2 Å². The van der Waals surface area contributed by atoms with Crippen molar-refractivity contribution in [3.05, 3.63) is 53.7 Å². The molecule has 0 fully saturated rings. The number of aromatic nitrogens is 2. The third-order valence-electron chi connectivity index (χ3n) is 2.59. The Labute approximate surface area is 109 Å². The van der Waals surface area contributed by atoms with Crippen LogP contribution in [0.15, 0.2) is 36.7 Å². The number of anilines is 1. The number of benzene rings is 1. The lowest BCUT2D eigenvalue weighted by molar-refractivity contribution is 0.0690. The van der Waals surface area contributed by atoms with Gasteiger partial charge >= 0.3 is 5.97 Å². The molecular weight excluding hydrogens is 249 g/mol. The first-order valence-electron chi connectivity index (χ1n) is 5.64. The average molecular weight is 261 g/mol. The van der Waals surface area contributed by atoms with Crippen molar-refractivity contribution in [1.82, 2.24) is 9.97 Å². The van der Waals surface area contributed by atoms with Crippen molar-refractivity contribution in [2.75, 3.05) is 5.32 Å². The summed E-state index contributed by atoms with van der Waals surface area (Å²) in [5.74, 6) is -1.20. The van der Waals surface area contributed by atoms with E-state index in [-0.39, 0.29) is 23.4 Å². The van der Waals surface area contributed by atoms with Crippen molar-refractivity contribution in [2.24, 2.45) is 0 Å². The Morgan fingerprint density at radius 2 is 2.11 bits per heavy atom. The van der Waals surface area contributed by atoms with E-state index in [1.807, 2.05) is 0 Å². The van der Waals surface area contributed by atoms with Crippen LogP contribution in [-0.4, -0.2) is 21.0 Å². The minimum Gasteiger partial charge on any atom is -0.476 e. The summed E-state index contributed by atoms with van der Waals surface area (Å²) in [4.78, 5) is 18.4. The van der Waals surface area contributed by atoms with E-state index < -0.39 is 5.97 Å². The molecule has 0 aliphatic heterocycles. The Bertz CT molecular complexity index is 604. The number of carboxylic acids is 1. The van der Waals surface area contributed by atoms with Crippen molar-refractivity contribution >= 4 is 11.8 Å². The fourth-order valence-electron chi connectivity index (χ4n) is 1.66. The quantitative estimate of drug-likeness (QED) is 0.884. The third kappa shape index (κ3) is 3.04. The van der Waals surface area contributed by atoms with Crippen molar-refractivity contribution < 1.29 is 14.3 Å². The van der Waals surface area contributed by atoms with Gasteiger partial charge in [-0.05, 0) is 13.0 Å². The van der Waals surface area contributed by atoms with E-state index in [4.69, 9.17) is 5.11 Å². The molecule has 2 aromatic rings. The highest BCUT2D eigenvalue weighted by Crippen LogP contribution is 2.20. The first kappa shape index (κ1) is 12.9. The molecule has 19 heavy (non-hydrogen) atoms. The lowest BCUT2D eigenvalue weighted by Crippen LogP contribution is -2.11. The number of rotatable bonds is 4. The molecule has 0 spiro atoms. The standard InChI is InChI=1S/C13H12FN3O2/c1-8(9-4-2-3-5-10(9)14)16-12-7-15-6-11(17-12)13(18)19/h2-8H,1H3,(H,16,17)(H,18,19). The summed E-state index contributed by atoms with van der Waals surface area (Å²) < 4.78 is 13.6. The van der Waals surface area contributed by atoms with E-state index in [0.717, 1.165) is 6.20 Å². The third-order valence-corrected chi connectivity index (χ3v) is 2.59. The van der Waals surface area contributed by atoms with Crippen LogP contribution in [0.25, 0.3) is 0 Å². The minimum atomic E-state index is -1.16. The van der Waals surface area contributed by atoms with Crippen molar-refractivity contribution in [1.29, 1.82) is 0 Å². The summed E-state index contributed by atoms with van der Waals surface area (Å²) in [7, 11) is 0. The minimum absolute atomic E-state index is 0.161. The normalized spacial score (nSPS) is 11.9. The Kier molecular flexibility index (Phi) is 3.70. The predicted molar refractivity (Wildman–Crippen MR) is 67.4 cm³/mol. The first-order valence-corrected chi connectivity index (χ1v) is 5.64. The highest BCUT2D eigenvalue weighted by Gasteiger charge is 2.12. The highest BCUT2D eigenvalue weighted by atomic mass is 19.1. The number of nitrogens with one attached hydrogen (secondary N) is 1. The maximum atomic E-state index is 13.6. The summed E-state index contributed by atoms with van der Waals surface area (Å²) in [5, 5.41) is 11.7. The zero-order chi connectivity index (χ0) is 13.8. The molecule has 1 unspecified atom stereocenters. The van der Waals surface area contributed by atoms with E-state index in [0.29, 0.717) is 5.56 Å². The largest absolute Gasteiger partial charge is 0.476 e. The molecule has 5 nitrogen and oxygen atoms in total. The highest BCUT2D eigenvalue weighted by molar-refractivity contribution is 5.85. The van der Waals surface area contributed by atoms with Gasteiger partial charge < -0.3 is 10.4 Å². The van der Waals surface area contributed by atoms with Gasteiger partial charge in [-0.15, -0.1) is 0 Å². The fraction of sp³-hybridized carbons (Fsp3) is 0.154. The molecule has 0 saturated carbocycles. The molecule has 0 amide bonds. The summed E-state index contributed by atoms with van der Waals surface area (Å²) >= 11 is 0. The van der Waals surface area contributed by atoms with Crippen molar-refractivity contribution in [3.8, 4) is 0 Å². The predicted octanol–water partition coefficient (Wildman–Crippen LogP) is 2.49. The number of carbonyl (C=O) groups is 1. The van der Waals surface area contributed by atoms with Gasteiger partial charge in [-0.25, -0.2) is 14.2 Å². The van der Waals surface area contributed by atoms with Crippen molar-refractivity contribution in [3.63, 3.8) is 0 Å². The average Bonchev–Trinajstić information content (AvgIpc) is 2.39. The maximum Gasteiger partial charge on any atom is 0.356 e. The van der Waals surface area contributed by atoms with Crippen LogP contribution in [0.1, 0.15) is 29.0 Å². The van der Waals surface area contributed by atoms with Gasteiger partial charge in [0.05, 0.1) is 18.4 Å². The van der Waals surface area contributed by atoms with Crippen LogP contribution in [0.4, 0.5) is 10.2 Å². The van der Waals surface area contributed by atoms with Gasteiger partial charge in [0.2, 0.25) is 0 Å². The lowest BCUT2D eigenvalue weighted by atomic mass is 10.1. The number of aromatic carboxylic acids is 1. The number of carboxylic acid groups (broad SMARTS) is 1. The van der Waals surface area contributed by atoms with E-state index in [9.17, 15) is 9.18 Å². The zero-order valence-electron chi connectivity index (χ0n) is 10.2. The second kappa shape index (κ2) is 5.43. The lowest BCUT2D eigenvalue weighted by Gasteiger charge is -2.15. The Hall–Kier alpha value is -2.50. The molecule has 2 N–H and O–H groups in total. The number of hydrogen-bond acceptors (Lipinski definition) is 4. The number of halogens is 1. The van der Waals surface area contributed by atoms with E-state index in [1.54, 1.807) is 25.1 Å². The van der Waals surface area contributed by atoms with Crippen LogP contribution in [-0.2, 0) is 0 Å². The summed E-state index contributed by atoms with van der Waals surface area (Å²) in [6.07, 6.45) is 2.55. The summed E-state index contributed by atoms with van der Waals surface area (Å²) in [5.41, 5.74) is 0.316. The summed E-state index contributed by atoms with van der Waals surface area (Å²) in [6, 6.07) is 6.01. The molecule has 0 aliphatic carbocycles. The molecule has 0 saturated heterocycles. The molecule has 0 radical (unpaired) electrons. The molecule has 1 aromatic heterocycles. The van der Waals surface area contributed by atoms with E-state index in [2.05, 4.69) is 15.3 Å². The molecule has 1 aromatic carbocycles. The maximum absolute atomic E-state index is 13.6. The van der Waals surface area contributed by atoms with Crippen LogP contribution in [0.5, 0.6) is 0 Å². The molecule has 2 rings (SSSR count). The van der Waals surface area contributed by atoms with Crippen molar-refractivity contribution in [2.45, 2.75) is 13.0 Å². The molecule has 1 heterocycles. The Morgan fingerprint density at radius 1 is 1.37 bits per heavy atom. The smallest absolute Gasteiger partial charge is 0.356 e. The van der Waals surface area contributed by atoms with Crippen LogP contribution >= 0.6 is 0 Å². The monoisotopic (exact) mass is 261 g/mol. The van der Waals surface area contributed by atoms with Gasteiger partial charge in [0.25, 0.3) is 0 Å². The number of nitrogens with zero attached hydrogens (tertiary/aromatic N) is 2. The topological polar surface area (TPSA) is 75.1 Å². The molecule has 6 heteroatoms. The number of hydrogen-bond donors (Lipinski definition) is 2. The zero-order valence-corrected chi connectivity index (χ0v) is 10.2. The molecule has 0 bridgehead atoms. The SMILES string of the molecule is CC(Nc1cncc(C(=O)O)n1)c1ccccc1F. The van der Waals surface area contributed by atoms with Gasteiger partial charge in [-0.2, -0.15) is 0 Å². The molecule has 1 atom stereocenters. The second-order valence-electron chi connectivity index (χ2n) is 3.98. The van der Waals surface area contributed by atoms with Gasteiger partial charge in [0.15, 0.2) is 5.69 Å². The van der Waals surface area contributed by atoms with Crippen LogP contribution in [0, 0.1) is 5.82 Å². The Balaban J connectivity index is 2.19. The van der Waals surface area contributed by atoms with Gasteiger partial charge in [-0.3, -0.25) is 4.98 Å². The summed E-state index contributed by atoms with van der Waals surface area (Å²) in [6.45, 7) is 1.76. The first-order chi connectivity index (χ1) is 9.08. The van der Waals surface area contributed by atoms with E-state index in [1.165, 1.54) is 12.3 Å². The van der Waals surface area contributed by atoms with Crippen LogP contribution in [0.2, 0.25) is 0 Å². The molecule has 98 valence electrons. The molecule has 0 aliphatic rings. The Morgan fingerprint density at radius 3 is 2.79 bits per heavy atom. The van der Waals surface area contributed by atoms with Gasteiger partial charge in [0, 0.05) is 5.56 Å². The van der Waals surface area contributed by atoms with Crippen LogP contribution in [0.3, 0.4) is 0 Å². The van der Waals surface area contributed by atoms with Gasteiger partial charge in [0.1, 0.15) is 11.6 Å². The molecular formula is C13H12FN3O2. The fourth-order valence-corrected chi connectivity index (χ4v) is 1.66.